The van der Waals surface area contributed by atoms with Crippen LogP contribution >= 0.6 is 0 Å². The second-order valence-corrected chi connectivity index (χ2v) is 17.2. The summed E-state index contributed by atoms with van der Waals surface area (Å²) >= 11 is 0. The van der Waals surface area contributed by atoms with Crippen LogP contribution in [0.15, 0.2) is 224 Å². The third-order valence-electron chi connectivity index (χ3n) is 13.5. The molecule has 3 heterocycles. The first-order valence-electron chi connectivity index (χ1n) is 22.4. The van der Waals surface area contributed by atoms with E-state index >= 15 is 0 Å². The molecule has 0 aliphatic carbocycles. The van der Waals surface area contributed by atoms with Gasteiger partial charge >= 0.3 is 0 Å². The number of hydrogen-bond donors (Lipinski definition) is 0. The molecule has 306 valence electrons. The monoisotopic (exact) mass is 839 g/mol. The van der Waals surface area contributed by atoms with E-state index in [-0.39, 0.29) is 0 Å². The Morgan fingerprint density at radius 3 is 1.65 bits per heavy atom. The fraction of sp³-hybridized carbons (Fsp3) is 0. The summed E-state index contributed by atoms with van der Waals surface area (Å²) in [5.74, 6) is 1.91. The van der Waals surface area contributed by atoms with E-state index in [9.17, 15) is 0 Å². The van der Waals surface area contributed by atoms with Gasteiger partial charge in [-0.05, 0) is 80.8 Å². The maximum Gasteiger partial charge on any atom is 0.164 e. The van der Waals surface area contributed by atoms with Gasteiger partial charge in [0.2, 0.25) is 0 Å². The van der Waals surface area contributed by atoms with E-state index in [0.29, 0.717) is 17.5 Å². The van der Waals surface area contributed by atoms with E-state index in [4.69, 9.17) is 15.0 Å². The molecule has 14 aromatic rings. The molecule has 0 unspecified atom stereocenters. The maximum atomic E-state index is 5.29. The highest BCUT2D eigenvalue weighted by molar-refractivity contribution is 6.20. The van der Waals surface area contributed by atoms with Gasteiger partial charge in [-0.2, -0.15) is 0 Å². The summed E-state index contributed by atoms with van der Waals surface area (Å²) in [6.07, 6.45) is 0. The van der Waals surface area contributed by atoms with E-state index in [1.54, 1.807) is 0 Å². The first kappa shape index (κ1) is 36.5. The summed E-state index contributed by atoms with van der Waals surface area (Å²) in [5.41, 5.74) is 9.78. The van der Waals surface area contributed by atoms with Gasteiger partial charge in [0.05, 0.1) is 27.8 Å². The van der Waals surface area contributed by atoms with Crippen LogP contribution in [-0.2, 0) is 0 Å². The minimum atomic E-state index is 0.631. The van der Waals surface area contributed by atoms with Gasteiger partial charge in [0.1, 0.15) is 0 Å². The molecule has 0 amide bonds. The van der Waals surface area contributed by atoms with Crippen molar-refractivity contribution in [2.24, 2.45) is 0 Å². The van der Waals surface area contributed by atoms with Gasteiger partial charge in [-0.15, -0.1) is 0 Å². The molecule has 11 aromatic carbocycles. The van der Waals surface area contributed by atoms with E-state index in [2.05, 4.69) is 215 Å². The molecule has 0 aliphatic rings. The number of rotatable bonds is 5. The van der Waals surface area contributed by atoms with Crippen molar-refractivity contribution >= 4 is 86.7 Å². The van der Waals surface area contributed by atoms with Crippen molar-refractivity contribution in [2.45, 2.75) is 0 Å². The third kappa shape index (κ3) is 5.50. The number of para-hydroxylation sites is 1. The van der Waals surface area contributed by atoms with E-state index in [1.807, 2.05) is 18.2 Å². The van der Waals surface area contributed by atoms with Crippen LogP contribution < -0.4 is 0 Å². The predicted molar refractivity (Wildman–Crippen MR) is 275 cm³/mol. The number of hydrogen-bond acceptors (Lipinski definition) is 3. The molecule has 0 spiro atoms. The highest BCUT2D eigenvalue weighted by atomic mass is 15.0. The lowest BCUT2D eigenvalue weighted by Crippen LogP contribution is -2.02. The SMILES string of the molecule is c1ccc(-c2nc(-c3cccc4ccccc34)nc(-c3ccc(-n4c5ccc(-n6c7ccccc7c7ccc8ccccc8c76)cc5c5cc6ccccc6cc54)c4ccccc34)n2)cc1. The molecule has 0 bridgehead atoms. The molecule has 66 heavy (non-hydrogen) atoms. The van der Waals surface area contributed by atoms with Gasteiger partial charge in [-0.25, -0.2) is 15.0 Å². The van der Waals surface area contributed by atoms with Crippen molar-refractivity contribution in [3.63, 3.8) is 0 Å². The predicted octanol–water partition coefficient (Wildman–Crippen LogP) is 15.7. The zero-order chi connectivity index (χ0) is 43.3. The van der Waals surface area contributed by atoms with Crippen molar-refractivity contribution < 1.29 is 0 Å². The van der Waals surface area contributed by atoms with Crippen LogP contribution in [0.2, 0.25) is 0 Å². The molecule has 14 rings (SSSR count). The second kappa shape index (κ2) is 14.3. The van der Waals surface area contributed by atoms with Crippen molar-refractivity contribution in [3.05, 3.63) is 224 Å². The van der Waals surface area contributed by atoms with E-state index in [1.165, 1.54) is 54.1 Å². The summed E-state index contributed by atoms with van der Waals surface area (Å²) in [6, 6.07) is 80.6. The summed E-state index contributed by atoms with van der Waals surface area (Å²) in [6.45, 7) is 0. The van der Waals surface area contributed by atoms with Crippen molar-refractivity contribution in [1.82, 2.24) is 24.1 Å². The van der Waals surface area contributed by atoms with Crippen LogP contribution in [0, 0.1) is 0 Å². The molecule has 0 saturated heterocycles. The third-order valence-corrected chi connectivity index (χ3v) is 13.5. The fourth-order valence-electron chi connectivity index (χ4n) is 10.5. The highest BCUT2D eigenvalue weighted by Gasteiger charge is 2.22. The van der Waals surface area contributed by atoms with Gasteiger partial charge < -0.3 is 9.13 Å². The first-order valence-corrected chi connectivity index (χ1v) is 22.4. The topological polar surface area (TPSA) is 48.5 Å². The Bertz CT molecular complexity index is 4290. The van der Waals surface area contributed by atoms with Crippen LogP contribution in [0.4, 0.5) is 0 Å². The second-order valence-electron chi connectivity index (χ2n) is 17.2. The minimum Gasteiger partial charge on any atom is -0.309 e. The van der Waals surface area contributed by atoms with Crippen molar-refractivity contribution in [1.29, 1.82) is 0 Å². The van der Waals surface area contributed by atoms with Gasteiger partial charge in [0.15, 0.2) is 17.5 Å². The average molecular weight is 840 g/mol. The lowest BCUT2D eigenvalue weighted by Gasteiger charge is -2.16. The minimum absolute atomic E-state index is 0.631. The van der Waals surface area contributed by atoms with Crippen molar-refractivity contribution in [2.75, 3.05) is 0 Å². The van der Waals surface area contributed by atoms with Gasteiger partial charge in [-0.3, -0.25) is 0 Å². The smallest absolute Gasteiger partial charge is 0.164 e. The van der Waals surface area contributed by atoms with Crippen LogP contribution in [-0.4, -0.2) is 24.1 Å². The average Bonchev–Trinajstić information content (AvgIpc) is 3.89. The Morgan fingerprint density at radius 1 is 0.273 bits per heavy atom. The Balaban J connectivity index is 1.02. The van der Waals surface area contributed by atoms with Gasteiger partial charge in [-0.1, -0.05) is 176 Å². The zero-order valence-corrected chi connectivity index (χ0v) is 35.6. The maximum absolute atomic E-state index is 5.29. The van der Waals surface area contributed by atoms with Gasteiger partial charge in [0.25, 0.3) is 0 Å². The lowest BCUT2D eigenvalue weighted by atomic mass is 10.0. The quantitative estimate of drug-likeness (QED) is 0.173. The molecule has 5 heteroatoms. The number of nitrogens with zero attached hydrogens (tertiary/aromatic N) is 5. The van der Waals surface area contributed by atoms with Gasteiger partial charge in [0, 0.05) is 54.7 Å². The molecule has 3 aromatic heterocycles. The Hall–Kier alpha value is -8.93. The lowest BCUT2D eigenvalue weighted by molar-refractivity contribution is 1.08. The van der Waals surface area contributed by atoms with Crippen molar-refractivity contribution in [3.8, 4) is 45.5 Å². The molecule has 0 fully saturated rings. The Morgan fingerprint density at radius 2 is 0.848 bits per heavy atom. The molecule has 0 atom stereocenters. The molecule has 5 nitrogen and oxygen atoms in total. The van der Waals surface area contributed by atoms with Crippen LogP contribution in [0.25, 0.3) is 132 Å². The molecule has 0 aliphatic heterocycles. The fourth-order valence-corrected chi connectivity index (χ4v) is 10.5. The summed E-state index contributed by atoms with van der Waals surface area (Å²) in [4.78, 5) is 15.6. The van der Waals surface area contributed by atoms with Crippen LogP contribution in [0.3, 0.4) is 0 Å². The molecule has 0 saturated carbocycles. The standard InChI is InChI=1S/C61H37N5/c1-2-17-40(18-3-1)59-62-60(50-27-14-21-38-15-6-8-22-44(38)50)64-61(63-59)51-32-34-55(47-25-11-10-24-46(47)51)66-56-33-30-43(37-53(56)52-35-41-19-4-5-20-42(41)36-57(52)66)65-54-28-13-12-26-48(54)49-31-29-39-16-7-9-23-45(39)58(49)65/h1-37H. The highest BCUT2D eigenvalue weighted by Crippen LogP contribution is 2.42. The molecular formula is C61H37N5. The molecule has 0 N–H and O–H groups in total. The summed E-state index contributed by atoms with van der Waals surface area (Å²) in [5, 5.41) is 14.2. The normalized spacial score (nSPS) is 11.9. The molecule has 0 radical (unpaired) electrons. The number of benzene rings is 11. The molecular weight excluding hydrogens is 803 g/mol. The Labute approximate surface area is 379 Å². The first-order chi connectivity index (χ1) is 32.7. The zero-order valence-electron chi connectivity index (χ0n) is 35.6. The van der Waals surface area contributed by atoms with E-state index < -0.39 is 0 Å². The van der Waals surface area contributed by atoms with E-state index in [0.717, 1.165) is 60.6 Å². The Kier molecular flexibility index (Phi) is 7.91. The van der Waals surface area contributed by atoms with Crippen LogP contribution in [0.5, 0.6) is 0 Å². The summed E-state index contributed by atoms with van der Waals surface area (Å²) < 4.78 is 4.92. The summed E-state index contributed by atoms with van der Waals surface area (Å²) in [7, 11) is 0. The van der Waals surface area contributed by atoms with Crippen LogP contribution in [0.1, 0.15) is 0 Å². The number of fused-ring (bicyclic) bond motifs is 11. The number of aromatic nitrogens is 5. The largest absolute Gasteiger partial charge is 0.309 e.